The predicted octanol–water partition coefficient (Wildman–Crippen LogP) is 4.67. The van der Waals surface area contributed by atoms with E-state index in [1.54, 1.807) is 0 Å². The predicted molar refractivity (Wildman–Crippen MR) is 77.4 cm³/mol. The topological polar surface area (TPSA) is 3.24 Å². The van der Waals surface area contributed by atoms with Crippen molar-refractivity contribution in [2.75, 3.05) is 6.54 Å². The van der Waals surface area contributed by atoms with Gasteiger partial charge in [-0.05, 0) is 65.5 Å². The molecule has 17 heavy (non-hydrogen) atoms. The molecule has 0 aromatic carbocycles. The van der Waals surface area contributed by atoms with Crippen molar-refractivity contribution in [2.24, 2.45) is 5.92 Å². The average molecular weight is 314 g/mol. The van der Waals surface area contributed by atoms with E-state index in [0.717, 1.165) is 12.0 Å². The van der Waals surface area contributed by atoms with Crippen molar-refractivity contribution in [3.63, 3.8) is 0 Å². The van der Waals surface area contributed by atoms with E-state index < -0.39 is 0 Å². The molecule has 2 aliphatic rings. The maximum absolute atomic E-state index is 3.66. The van der Waals surface area contributed by atoms with Crippen LogP contribution in [0.3, 0.4) is 0 Å². The van der Waals surface area contributed by atoms with Gasteiger partial charge in [-0.25, -0.2) is 0 Å². The van der Waals surface area contributed by atoms with Crippen molar-refractivity contribution in [1.29, 1.82) is 0 Å². The van der Waals surface area contributed by atoms with Gasteiger partial charge in [0.25, 0.3) is 0 Å². The van der Waals surface area contributed by atoms with Gasteiger partial charge in [-0.1, -0.05) is 12.8 Å². The second-order valence-electron chi connectivity index (χ2n) is 5.42. The highest BCUT2D eigenvalue weighted by molar-refractivity contribution is 9.10. The van der Waals surface area contributed by atoms with E-state index in [9.17, 15) is 0 Å². The monoisotopic (exact) mass is 313 g/mol. The summed E-state index contributed by atoms with van der Waals surface area (Å²) in [6.07, 6.45) is 8.74. The summed E-state index contributed by atoms with van der Waals surface area (Å²) in [7, 11) is 0. The Morgan fingerprint density at radius 2 is 2.06 bits per heavy atom. The van der Waals surface area contributed by atoms with Gasteiger partial charge >= 0.3 is 0 Å². The lowest BCUT2D eigenvalue weighted by molar-refractivity contribution is 0.184. The maximum atomic E-state index is 3.66. The number of thiophene rings is 1. The van der Waals surface area contributed by atoms with E-state index in [2.05, 4.69) is 32.3 Å². The van der Waals surface area contributed by atoms with E-state index >= 15 is 0 Å². The van der Waals surface area contributed by atoms with E-state index in [-0.39, 0.29) is 0 Å². The normalized spacial score (nSPS) is 27.0. The summed E-state index contributed by atoms with van der Waals surface area (Å²) < 4.78 is 1.31. The van der Waals surface area contributed by atoms with Gasteiger partial charge in [-0.3, -0.25) is 4.90 Å². The molecule has 1 aromatic heterocycles. The summed E-state index contributed by atoms with van der Waals surface area (Å²) in [6.45, 7) is 2.48. The number of halogens is 1. The Morgan fingerprint density at radius 1 is 1.24 bits per heavy atom. The maximum Gasteiger partial charge on any atom is 0.0342 e. The summed E-state index contributed by atoms with van der Waals surface area (Å²) in [5, 5.41) is 2.19. The molecule has 94 valence electrons. The molecule has 3 rings (SSSR count). The summed E-state index contributed by atoms with van der Waals surface area (Å²) in [4.78, 5) is 4.25. The van der Waals surface area contributed by atoms with Gasteiger partial charge in [-0.2, -0.15) is 0 Å². The third-order valence-electron chi connectivity index (χ3n) is 4.40. The van der Waals surface area contributed by atoms with E-state index in [0.29, 0.717) is 0 Å². The van der Waals surface area contributed by atoms with Crippen LogP contribution >= 0.6 is 27.3 Å². The van der Waals surface area contributed by atoms with Crippen molar-refractivity contribution in [3.05, 3.63) is 20.8 Å². The Hall–Kier alpha value is 0.140. The molecule has 2 heterocycles. The highest BCUT2D eigenvalue weighted by atomic mass is 79.9. The molecule has 1 saturated carbocycles. The van der Waals surface area contributed by atoms with Gasteiger partial charge in [0.15, 0.2) is 0 Å². The minimum atomic E-state index is 0.881. The lowest BCUT2D eigenvalue weighted by Crippen LogP contribution is -2.33. The fourth-order valence-electron chi connectivity index (χ4n) is 3.55. The third kappa shape index (κ3) is 2.61. The van der Waals surface area contributed by atoms with Crippen LogP contribution in [0.15, 0.2) is 15.9 Å². The van der Waals surface area contributed by atoms with E-state index in [4.69, 9.17) is 0 Å². The molecule has 3 heteroatoms. The highest BCUT2D eigenvalue weighted by Gasteiger charge is 2.33. The zero-order chi connectivity index (χ0) is 11.7. The molecular weight excluding hydrogens is 294 g/mol. The van der Waals surface area contributed by atoms with Crippen LogP contribution in [-0.2, 0) is 6.54 Å². The molecule has 0 amide bonds. The van der Waals surface area contributed by atoms with Crippen LogP contribution in [0, 0.1) is 5.92 Å². The van der Waals surface area contributed by atoms with Crippen molar-refractivity contribution in [2.45, 2.75) is 51.1 Å². The van der Waals surface area contributed by atoms with E-state index in [1.807, 2.05) is 11.3 Å². The molecule has 1 aliphatic carbocycles. The largest absolute Gasteiger partial charge is 0.295 e. The molecule has 0 radical (unpaired) electrons. The Morgan fingerprint density at radius 3 is 2.76 bits per heavy atom. The number of hydrogen-bond donors (Lipinski definition) is 0. The lowest BCUT2D eigenvalue weighted by Gasteiger charge is -2.29. The first-order valence-corrected chi connectivity index (χ1v) is 8.48. The molecule has 1 atom stereocenters. The Kier molecular flexibility index (Phi) is 3.88. The number of likely N-dealkylation sites (tertiary alicyclic amines) is 1. The zero-order valence-electron chi connectivity index (χ0n) is 10.2. The molecule has 0 N–H and O–H groups in total. The molecule has 1 saturated heterocycles. The van der Waals surface area contributed by atoms with Gasteiger partial charge in [-0.15, -0.1) is 11.3 Å². The Balaban J connectivity index is 1.67. The second kappa shape index (κ2) is 5.41. The Labute approximate surface area is 116 Å². The first-order chi connectivity index (χ1) is 8.34. The minimum Gasteiger partial charge on any atom is -0.295 e. The van der Waals surface area contributed by atoms with Crippen molar-refractivity contribution >= 4 is 27.3 Å². The van der Waals surface area contributed by atoms with Crippen molar-refractivity contribution < 1.29 is 0 Å². The van der Waals surface area contributed by atoms with Crippen LogP contribution < -0.4 is 0 Å². The quantitative estimate of drug-likeness (QED) is 0.784. The first-order valence-electron chi connectivity index (χ1n) is 6.80. The summed E-state index contributed by atoms with van der Waals surface area (Å²) in [5.41, 5.74) is 0. The average Bonchev–Trinajstić information content (AvgIpc) is 3.02. The van der Waals surface area contributed by atoms with Gasteiger partial charge in [0.1, 0.15) is 0 Å². The van der Waals surface area contributed by atoms with Crippen LogP contribution in [0.2, 0.25) is 0 Å². The van der Waals surface area contributed by atoms with Crippen LogP contribution in [0.1, 0.15) is 43.4 Å². The molecular formula is C14H20BrNS. The molecule has 1 aliphatic heterocycles. The smallest absolute Gasteiger partial charge is 0.0342 e. The molecule has 1 unspecified atom stereocenters. The molecule has 1 aromatic rings. The third-order valence-corrected chi connectivity index (χ3v) is 6.31. The SMILES string of the molecule is Brc1ccsc1CN1CCCC1C1CCCC1. The first kappa shape index (κ1) is 12.2. The van der Waals surface area contributed by atoms with Gasteiger partial charge in [0, 0.05) is 21.9 Å². The fraction of sp³-hybridized carbons (Fsp3) is 0.714. The van der Waals surface area contributed by atoms with Crippen molar-refractivity contribution in [1.82, 2.24) is 4.90 Å². The zero-order valence-corrected chi connectivity index (χ0v) is 12.6. The van der Waals surface area contributed by atoms with Gasteiger partial charge in [0.05, 0.1) is 0 Å². The molecule has 1 nitrogen and oxygen atoms in total. The minimum absolute atomic E-state index is 0.881. The van der Waals surface area contributed by atoms with E-state index in [1.165, 1.54) is 61.0 Å². The Bertz CT molecular complexity index is 370. The molecule has 0 spiro atoms. The molecule has 2 fully saturated rings. The van der Waals surface area contributed by atoms with Crippen LogP contribution in [0.5, 0.6) is 0 Å². The summed E-state index contributed by atoms with van der Waals surface area (Å²) >= 11 is 5.55. The van der Waals surface area contributed by atoms with Gasteiger partial charge < -0.3 is 0 Å². The van der Waals surface area contributed by atoms with Crippen LogP contribution in [0.25, 0.3) is 0 Å². The van der Waals surface area contributed by atoms with Crippen LogP contribution in [0.4, 0.5) is 0 Å². The lowest BCUT2D eigenvalue weighted by atomic mass is 9.96. The number of rotatable bonds is 3. The number of nitrogens with zero attached hydrogens (tertiary/aromatic N) is 1. The summed E-state index contributed by atoms with van der Waals surface area (Å²) in [6, 6.07) is 3.06. The number of hydrogen-bond acceptors (Lipinski definition) is 2. The summed E-state index contributed by atoms with van der Waals surface area (Å²) in [5.74, 6) is 0.997. The van der Waals surface area contributed by atoms with Gasteiger partial charge in [0.2, 0.25) is 0 Å². The standard InChI is InChI=1S/C14H20BrNS/c15-12-7-9-17-14(12)10-16-8-3-6-13(16)11-4-1-2-5-11/h7,9,11,13H,1-6,8,10H2. The highest BCUT2D eigenvalue weighted by Crippen LogP contribution is 2.37. The molecule has 0 bridgehead atoms. The second-order valence-corrected chi connectivity index (χ2v) is 7.27. The van der Waals surface area contributed by atoms with Crippen LogP contribution in [-0.4, -0.2) is 17.5 Å². The fourth-order valence-corrected chi connectivity index (χ4v) is 5.05. The van der Waals surface area contributed by atoms with Crippen molar-refractivity contribution in [3.8, 4) is 0 Å².